The molecule has 7 nitrogen and oxygen atoms in total. The molecule has 1 aliphatic heterocycles. The van der Waals surface area contributed by atoms with E-state index in [4.69, 9.17) is 4.74 Å². The van der Waals surface area contributed by atoms with Gasteiger partial charge in [0, 0.05) is 24.5 Å². The van der Waals surface area contributed by atoms with Gasteiger partial charge in [-0.3, -0.25) is 9.69 Å². The van der Waals surface area contributed by atoms with Crippen molar-refractivity contribution in [3.8, 4) is 0 Å². The summed E-state index contributed by atoms with van der Waals surface area (Å²) >= 11 is 0. The summed E-state index contributed by atoms with van der Waals surface area (Å²) in [7, 11) is 0. The van der Waals surface area contributed by atoms with Gasteiger partial charge in [0.25, 0.3) is 5.56 Å². The highest BCUT2D eigenvalue weighted by atomic mass is 16.6. The Kier molecular flexibility index (Phi) is 5.51. The lowest BCUT2D eigenvalue weighted by Gasteiger charge is -2.32. The summed E-state index contributed by atoms with van der Waals surface area (Å²) in [4.78, 5) is 26.8. The number of alkyl carbamates (subject to hydrolysis) is 1. The molecular formula is C20H28N4O3. The first-order chi connectivity index (χ1) is 12.7. The molecule has 1 aromatic carbocycles. The second-order valence-electron chi connectivity index (χ2n) is 8.12. The van der Waals surface area contributed by atoms with Gasteiger partial charge in [0.2, 0.25) is 0 Å². The molecule has 27 heavy (non-hydrogen) atoms. The minimum atomic E-state index is -0.494. The van der Waals surface area contributed by atoms with E-state index < -0.39 is 5.60 Å². The Morgan fingerprint density at radius 2 is 1.85 bits per heavy atom. The minimum absolute atomic E-state index is 0.0646. The third kappa shape index (κ3) is 4.86. The lowest BCUT2D eigenvalue weighted by Crippen LogP contribution is -2.47. The maximum atomic E-state index is 12.7. The fraction of sp³-hybridized carbons (Fsp3) is 0.550. The fourth-order valence-electron chi connectivity index (χ4n) is 3.38. The van der Waals surface area contributed by atoms with Crippen LogP contribution in [0.25, 0.3) is 10.8 Å². The topological polar surface area (TPSA) is 76.5 Å². The van der Waals surface area contributed by atoms with Crippen LogP contribution in [0.4, 0.5) is 4.79 Å². The highest BCUT2D eigenvalue weighted by molar-refractivity contribution is 5.83. The number of nitrogens with zero attached hydrogens (tertiary/aromatic N) is 3. The van der Waals surface area contributed by atoms with Gasteiger partial charge >= 0.3 is 6.09 Å². The van der Waals surface area contributed by atoms with Gasteiger partial charge in [0.15, 0.2) is 0 Å². The van der Waals surface area contributed by atoms with Crippen molar-refractivity contribution in [3.63, 3.8) is 0 Å². The summed E-state index contributed by atoms with van der Waals surface area (Å²) < 4.78 is 6.85. The zero-order chi connectivity index (χ0) is 19.6. The predicted octanol–water partition coefficient (Wildman–Crippen LogP) is 2.65. The SMILES string of the molecule is Cc1nn(CN2CCC(NC(=O)OC(C)(C)C)CC2)c(=O)c2ccccc12. The van der Waals surface area contributed by atoms with Gasteiger partial charge in [-0.15, -0.1) is 0 Å². The molecule has 1 aliphatic rings. The van der Waals surface area contributed by atoms with Crippen LogP contribution in [-0.2, 0) is 11.4 Å². The van der Waals surface area contributed by atoms with Gasteiger partial charge in [-0.1, -0.05) is 18.2 Å². The van der Waals surface area contributed by atoms with E-state index in [0.717, 1.165) is 37.0 Å². The Balaban J connectivity index is 1.60. The number of carbonyl (C=O) groups excluding carboxylic acids is 1. The van der Waals surface area contributed by atoms with E-state index in [2.05, 4.69) is 15.3 Å². The summed E-state index contributed by atoms with van der Waals surface area (Å²) in [5.41, 5.74) is 0.294. The van der Waals surface area contributed by atoms with Crippen molar-refractivity contribution in [2.75, 3.05) is 13.1 Å². The summed E-state index contributed by atoms with van der Waals surface area (Å²) in [5, 5.41) is 9.01. The average molecular weight is 372 g/mol. The zero-order valence-electron chi connectivity index (χ0n) is 16.5. The van der Waals surface area contributed by atoms with Gasteiger partial charge in [-0.05, 0) is 46.6 Å². The molecule has 0 aliphatic carbocycles. The number of ether oxygens (including phenoxy) is 1. The minimum Gasteiger partial charge on any atom is -0.444 e. The zero-order valence-corrected chi connectivity index (χ0v) is 16.5. The summed E-state index contributed by atoms with van der Waals surface area (Å²) in [6.45, 7) is 9.53. The molecule has 146 valence electrons. The highest BCUT2D eigenvalue weighted by Gasteiger charge is 2.24. The van der Waals surface area contributed by atoms with Crippen LogP contribution in [0.2, 0.25) is 0 Å². The van der Waals surface area contributed by atoms with Gasteiger partial charge in [0.1, 0.15) is 5.60 Å². The quantitative estimate of drug-likeness (QED) is 0.896. The molecule has 0 saturated carbocycles. The van der Waals surface area contributed by atoms with Crippen LogP contribution in [0.5, 0.6) is 0 Å². The Hall–Kier alpha value is -2.41. The molecule has 1 saturated heterocycles. The van der Waals surface area contributed by atoms with E-state index in [1.807, 2.05) is 52.0 Å². The van der Waals surface area contributed by atoms with Gasteiger partial charge in [0.05, 0.1) is 17.7 Å². The van der Waals surface area contributed by atoms with Crippen molar-refractivity contribution < 1.29 is 9.53 Å². The Morgan fingerprint density at radius 1 is 1.22 bits per heavy atom. The fourth-order valence-corrected chi connectivity index (χ4v) is 3.38. The van der Waals surface area contributed by atoms with Crippen molar-refractivity contribution >= 4 is 16.9 Å². The third-order valence-corrected chi connectivity index (χ3v) is 4.69. The highest BCUT2D eigenvalue weighted by Crippen LogP contribution is 2.15. The molecule has 0 radical (unpaired) electrons. The summed E-state index contributed by atoms with van der Waals surface area (Å²) in [6, 6.07) is 7.67. The first-order valence-electron chi connectivity index (χ1n) is 9.41. The van der Waals surface area contributed by atoms with Gasteiger partial charge in [-0.25, -0.2) is 9.48 Å². The third-order valence-electron chi connectivity index (χ3n) is 4.69. The molecule has 0 bridgehead atoms. The molecule has 3 rings (SSSR count). The van der Waals surface area contributed by atoms with E-state index >= 15 is 0 Å². The summed E-state index contributed by atoms with van der Waals surface area (Å²) in [5.74, 6) is 0. The summed E-state index contributed by atoms with van der Waals surface area (Å²) in [6.07, 6.45) is 1.27. The number of hydrogen-bond acceptors (Lipinski definition) is 5. The monoisotopic (exact) mass is 372 g/mol. The number of benzene rings is 1. The van der Waals surface area contributed by atoms with E-state index in [1.165, 1.54) is 0 Å². The van der Waals surface area contributed by atoms with E-state index in [0.29, 0.717) is 12.1 Å². The number of carbonyl (C=O) groups is 1. The largest absolute Gasteiger partial charge is 0.444 e. The Labute approximate surface area is 159 Å². The number of fused-ring (bicyclic) bond motifs is 1. The number of rotatable bonds is 3. The van der Waals surface area contributed by atoms with Crippen LogP contribution >= 0.6 is 0 Å². The molecule has 2 heterocycles. The number of aryl methyl sites for hydroxylation is 1. The van der Waals surface area contributed by atoms with Crippen LogP contribution in [-0.4, -0.2) is 45.5 Å². The maximum absolute atomic E-state index is 12.7. The maximum Gasteiger partial charge on any atom is 0.407 e. The van der Waals surface area contributed by atoms with Crippen LogP contribution in [0.15, 0.2) is 29.1 Å². The molecule has 7 heteroatoms. The van der Waals surface area contributed by atoms with Crippen LogP contribution in [0.1, 0.15) is 39.3 Å². The standard InChI is InChI=1S/C20H28N4O3/c1-14-16-7-5-6-8-17(16)18(25)24(22-14)13-23-11-9-15(10-12-23)21-19(26)27-20(2,3)4/h5-8,15H,9-13H2,1-4H3,(H,21,26). The first kappa shape index (κ1) is 19.4. The number of piperidine rings is 1. The Bertz CT molecular complexity index is 877. The molecule has 0 spiro atoms. The van der Waals surface area contributed by atoms with Crippen LogP contribution in [0.3, 0.4) is 0 Å². The molecule has 1 N–H and O–H groups in total. The lowest BCUT2D eigenvalue weighted by atomic mass is 10.1. The Morgan fingerprint density at radius 3 is 2.48 bits per heavy atom. The van der Waals surface area contributed by atoms with Crippen molar-refractivity contribution in [2.45, 2.75) is 58.8 Å². The number of amides is 1. The molecule has 0 unspecified atom stereocenters. The molecule has 1 amide bonds. The van der Waals surface area contributed by atoms with Crippen molar-refractivity contribution in [1.82, 2.24) is 20.0 Å². The number of nitrogens with one attached hydrogen (secondary N) is 1. The second-order valence-corrected chi connectivity index (χ2v) is 8.12. The van der Waals surface area contributed by atoms with Gasteiger partial charge in [-0.2, -0.15) is 5.10 Å². The van der Waals surface area contributed by atoms with Crippen molar-refractivity contribution in [1.29, 1.82) is 0 Å². The van der Waals surface area contributed by atoms with Crippen LogP contribution in [0, 0.1) is 6.92 Å². The van der Waals surface area contributed by atoms with Gasteiger partial charge < -0.3 is 10.1 Å². The van der Waals surface area contributed by atoms with E-state index in [9.17, 15) is 9.59 Å². The van der Waals surface area contributed by atoms with E-state index in [-0.39, 0.29) is 17.7 Å². The van der Waals surface area contributed by atoms with Crippen molar-refractivity contribution in [3.05, 3.63) is 40.3 Å². The van der Waals surface area contributed by atoms with E-state index in [1.54, 1.807) is 4.68 Å². The van der Waals surface area contributed by atoms with Crippen molar-refractivity contribution in [2.24, 2.45) is 0 Å². The normalized spacial score (nSPS) is 16.4. The number of hydrogen-bond donors (Lipinski definition) is 1. The number of likely N-dealkylation sites (tertiary alicyclic amines) is 1. The molecule has 1 fully saturated rings. The predicted molar refractivity (Wildman–Crippen MR) is 105 cm³/mol. The lowest BCUT2D eigenvalue weighted by molar-refractivity contribution is 0.0470. The number of aromatic nitrogens is 2. The second kappa shape index (κ2) is 7.68. The molecular weight excluding hydrogens is 344 g/mol. The smallest absolute Gasteiger partial charge is 0.407 e. The first-order valence-corrected chi connectivity index (χ1v) is 9.41. The molecule has 0 atom stereocenters. The molecule has 1 aromatic heterocycles. The van der Waals surface area contributed by atoms with Crippen LogP contribution < -0.4 is 10.9 Å². The average Bonchev–Trinajstić information content (AvgIpc) is 2.59. The molecule has 2 aromatic rings.